The second kappa shape index (κ2) is 7.85. The van der Waals surface area contributed by atoms with Gasteiger partial charge in [0.05, 0.1) is 10.7 Å². The average Bonchev–Trinajstić information content (AvgIpc) is 2.93. The van der Waals surface area contributed by atoms with Crippen LogP contribution < -0.4 is 5.32 Å². The molecule has 0 fully saturated rings. The van der Waals surface area contributed by atoms with Crippen LogP contribution in [-0.4, -0.2) is 26.8 Å². The van der Waals surface area contributed by atoms with Gasteiger partial charge in [-0.3, -0.25) is 20.2 Å². The summed E-state index contributed by atoms with van der Waals surface area (Å²) in [6, 6.07) is 6.09. The highest BCUT2D eigenvalue weighted by Crippen LogP contribution is 2.22. The van der Waals surface area contributed by atoms with E-state index in [1.54, 1.807) is 12.1 Å². The van der Waals surface area contributed by atoms with E-state index in [2.05, 4.69) is 22.4 Å². The number of hydrogen-bond acceptors (Lipinski definition) is 7. The molecule has 0 saturated heterocycles. The Kier molecular flexibility index (Phi) is 5.84. The summed E-state index contributed by atoms with van der Waals surface area (Å²) in [5.41, 5.74) is 0.0334. The number of thioether (sulfide) groups is 1. The first-order valence-corrected chi connectivity index (χ1v) is 8.38. The fourth-order valence-electron chi connectivity index (χ4n) is 1.59. The van der Waals surface area contributed by atoms with E-state index in [4.69, 9.17) is 0 Å². The van der Waals surface area contributed by atoms with Gasteiger partial charge in [0, 0.05) is 23.4 Å². The molecule has 2 aromatic rings. The van der Waals surface area contributed by atoms with Crippen LogP contribution >= 0.6 is 23.1 Å². The van der Waals surface area contributed by atoms with Gasteiger partial charge in [0.1, 0.15) is 5.01 Å². The average molecular weight is 338 g/mol. The SMILES string of the molecule is CCCc1nnc(NC(=O)CSc2ccc([N+](=O)[O-])cc2)s1. The van der Waals surface area contributed by atoms with Crippen molar-refractivity contribution in [1.82, 2.24) is 10.2 Å². The molecule has 1 N–H and O–H groups in total. The van der Waals surface area contributed by atoms with Crippen molar-refractivity contribution in [3.63, 3.8) is 0 Å². The van der Waals surface area contributed by atoms with Gasteiger partial charge in [0.25, 0.3) is 5.69 Å². The van der Waals surface area contributed by atoms with E-state index < -0.39 is 4.92 Å². The van der Waals surface area contributed by atoms with Crippen molar-refractivity contribution in [1.29, 1.82) is 0 Å². The van der Waals surface area contributed by atoms with Crippen molar-refractivity contribution < 1.29 is 9.72 Å². The third-order valence-corrected chi connectivity index (χ3v) is 4.51. The number of rotatable bonds is 7. The van der Waals surface area contributed by atoms with E-state index in [9.17, 15) is 14.9 Å². The zero-order valence-corrected chi connectivity index (χ0v) is 13.4. The fraction of sp³-hybridized carbons (Fsp3) is 0.308. The Labute approximate surface area is 135 Å². The van der Waals surface area contributed by atoms with Crippen LogP contribution in [0.2, 0.25) is 0 Å². The van der Waals surface area contributed by atoms with Crippen molar-refractivity contribution >= 4 is 39.8 Å². The van der Waals surface area contributed by atoms with E-state index in [0.29, 0.717) is 5.13 Å². The number of nitrogens with one attached hydrogen (secondary N) is 1. The summed E-state index contributed by atoms with van der Waals surface area (Å²) in [6.45, 7) is 2.06. The minimum absolute atomic E-state index is 0.0334. The summed E-state index contributed by atoms with van der Waals surface area (Å²) in [6.07, 6.45) is 1.84. The molecule has 116 valence electrons. The lowest BCUT2D eigenvalue weighted by Gasteiger charge is -2.01. The van der Waals surface area contributed by atoms with Crippen LogP contribution in [0.3, 0.4) is 0 Å². The Morgan fingerprint density at radius 3 is 2.73 bits per heavy atom. The van der Waals surface area contributed by atoms with Gasteiger partial charge in [0.15, 0.2) is 0 Å². The van der Waals surface area contributed by atoms with Crippen molar-refractivity contribution in [3.05, 3.63) is 39.4 Å². The van der Waals surface area contributed by atoms with Gasteiger partial charge in [-0.25, -0.2) is 0 Å². The summed E-state index contributed by atoms with van der Waals surface area (Å²) < 4.78 is 0. The normalized spacial score (nSPS) is 10.4. The van der Waals surface area contributed by atoms with E-state index in [1.807, 2.05) is 0 Å². The third kappa shape index (κ3) is 4.78. The summed E-state index contributed by atoms with van der Waals surface area (Å²) in [5.74, 6) is 0.0306. The number of carbonyl (C=O) groups excluding carboxylic acids is 1. The number of nitro benzene ring substituents is 1. The van der Waals surface area contributed by atoms with Crippen LogP contribution in [0.1, 0.15) is 18.4 Å². The standard InChI is InChI=1S/C13H14N4O3S2/c1-2-3-12-15-16-13(22-12)14-11(18)8-21-10-6-4-9(5-7-10)17(19)20/h4-7H,2-3,8H2,1H3,(H,14,16,18). The zero-order valence-electron chi connectivity index (χ0n) is 11.8. The van der Waals surface area contributed by atoms with Crippen molar-refractivity contribution in [2.45, 2.75) is 24.7 Å². The minimum atomic E-state index is -0.454. The van der Waals surface area contributed by atoms with Crippen molar-refractivity contribution in [2.24, 2.45) is 0 Å². The van der Waals surface area contributed by atoms with Gasteiger partial charge in [-0.05, 0) is 18.6 Å². The highest BCUT2D eigenvalue weighted by molar-refractivity contribution is 8.00. The molecule has 1 aromatic heterocycles. The number of anilines is 1. The predicted octanol–water partition coefficient (Wildman–Crippen LogP) is 3.13. The maximum Gasteiger partial charge on any atom is 0.269 e. The summed E-state index contributed by atoms with van der Waals surface area (Å²) in [7, 11) is 0. The number of aromatic nitrogens is 2. The van der Waals surface area contributed by atoms with Crippen molar-refractivity contribution in [3.8, 4) is 0 Å². The smallest absolute Gasteiger partial charge is 0.269 e. The summed E-state index contributed by atoms with van der Waals surface area (Å²) in [4.78, 5) is 22.7. The highest BCUT2D eigenvalue weighted by Gasteiger charge is 2.09. The van der Waals surface area contributed by atoms with Gasteiger partial charge in [-0.15, -0.1) is 22.0 Å². The van der Waals surface area contributed by atoms with E-state index >= 15 is 0 Å². The van der Waals surface area contributed by atoms with E-state index in [-0.39, 0.29) is 17.3 Å². The first kappa shape index (κ1) is 16.4. The van der Waals surface area contributed by atoms with E-state index in [1.165, 1.54) is 35.2 Å². The lowest BCUT2D eigenvalue weighted by atomic mass is 10.3. The quantitative estimate of drug-likeness (QED) is 0.473. The molecule has 0 aliphatic carbocycles. The Bertz CT molecular complexity index is 658. The molecule has 0 aliphatic heterocycles. The van der Waals surface area contributed by atoms with Gasteiger partial charge in [-0.2, -0.15) is 0 Å². The summed E-state index contributed by atoms with van der Waals surface area (Å²) in [5, 5.41) is 22.6. The van der Waals surface area contributed by atoms with Gasteiger partial charge in [-0.1, -0.05) is 18.3 Å². The molecular weight excluding hydrogens is 324 g/mol. The minimum Gasteiger partial charge on any atom is -0.300 e. The van der Waals surface area contributed by atoms with Crippen LogP contribution in [-0.2, 0) is 11.2 Å². The van der Waals surface area contributed by atoms with Crippen LogP contribution in [0.25, 0.3) is 0 Å². The van der Waals surface area contributed by atoms with E-state index in [0.717, 1.165) is 22.7 Å². The molecule has 0 unspecified atom stereocenters. The van der Waals surface area contributed by atoms with Crippen LogP contribution in [0.5, 0.6) is 0 Å². The van der Waals surface area contributed by atoms with Crippen LogP contribution in [0.4, 0.5) is 10.8 Å². The number of nitrogens with zero attached hydrogens (tertiary/aromatic N) is 3. The Morgan fingerprint density at radius 1 is 1.36 bits per heavy atom. The second-order valence-corrected chi connectivity index (χ2v) is 6.45. The molecule has 0 radical (unpaired) electrons. The largest absolute Gasteiger partial charge is 0.300 e. The summed E-state index contributed by atoms with van der Waals surface area (Å²) >= 11 is 2.68. The number of benzene rings is 1. The molecule has 7 nitrogen and oxygen atoms in total. The molecule has 0 bridgehead atoms. The topological polar surface area (TPSA) is 98.0 Å². The number of carbonyl (C=O) groups is 1. The predicted molar refractivity (Wildman–Crippen MR) is 86.4 cm³/mol. The number of nitro groups is 1. The highest BCUT2D eigenvalue weighted by atomic mass is 32.2. The Balaban J connectivity index is 1.82. The lowest BCUT2D eigenvalue weighted by Crippen LogP contribution is -2.13. The third-order valence-electron chi connectivity index (χ3n) is 2.59. The molecule has 1 heterocycles. The first-order valence-electron chi connectivity index (χ1n) is 6.58. The van der Waals surface area contributed by atoms with Crippen LogP contribution in [0.15, 0.2) is 29.2 Å². The molecule has 1 aromatic carbocycles. The molecular formula is C13H14N4O3S2. The van der Waals surface area contributed by atoms with Gasteiger partial charge in [0.2, 0.25) is 11.0 Å². The zero-order chi connectivity index (χ0) is 15.9. The number of aryl methyl sites for hydroxylation is 1. The molecule has 0 aliphatic rings. The molecule has 9 heteroatoms. The Hall–Kier alpha value is -2.00. The molecule has 2 rings (SSSR count). The molecule has 0 spiro atoms. The van der Waals surface area contributed by atoms with Gasteiger partial charge >= 0.3 is 0 Å². The molecule has 1 amide bonds. The number of hydrogen-bond donors (Lipinski definition) is 1. The van der Waals surface area contributed by atoms with Crippen molar-refractivity contribution in [2.75, 3.05) is 11.1 Å². The molecule has 0 saturated carbocycles. The number of amides is 1. The monoisotopic (exact) mass is 338 g/mol. The fourth-order valence-corrected chi connectivity index (χ4v) is 3.14. The maximum atomic E-state index is 11.8. The second-order valence-electron chi connectivity index (χ2n) is 4.34. The maximum absolute atomic E-state index is 11.8. The molecule has 22 heavy (non-hydrogen) atoms. The number of non-ortho nitro benzene ring substituents is 1. The molecule has 0 atom stereocenters. The Morgan fingerprint density at radius 2 is 2.09 bits per heavy atom. The van der Waals surface area contributed by atoms with Crippen LogP contribution in [0, 0.1) is 10.1 Å². The lowest BCUT2D eigenvalue weighted by molar-refractivity contribution is -0.384. The first-order chi connectivity index (χ1) is 10.6. The van der Waals surface area contributed by atoms with Gasteiger partial charge < -0.3 is 0 Å².